The van der Waals surface area contributed by atoms with Gasteiger partial charge in [-0.3, -0.25) is 4.90 Å². The van der Waals surface area contributed by atoms with Crippen LogP contribution in [0.4, 0.5) is 5.69 Å². The summed E-state index contributed by atoms with van der Waals surface area (Å²) in [4.78, 5) is 9.88. The summed E-state index contributed by atoms with van der Waals surface area (Å²) in [6.45, 7) is 10.2. The normalized spacial score (nSPS) is 15.9. The van der Waals surface area contributed by atoms with Gasteiger partial charge in [-0.05, 0) is 18.7 Å². The van der Waals surface area contributed by atoms with Crippen molar-refractivity contribution in [3.05, 3.63) is 48.5 Å². The fraction of sp³-hybridized carbons (Fsp3) is 0.381. The molecule has 1 aliphatic heterocycles. The van der Waals surface area contributed by atoms with Crippen LogP contribution in [0.25, 0.3) is 21.8 Å². The first-order valence-corrected chi connectivity index (χ1v) is 9.31. The van der Waals surface area contributed by atoms with E-state index in [2.05, 4.69) is 70.6 Å². The van der Waals surface area contributed by atoms with Crippen LogP contribution in [0.2, 0.25) is 0 Å². The molecule has 3 aromatic rings. The molecule has 0 aliphatic carbocycles. The van der Waals surface area contributed by atoms with E-state index in [4.69, 9.17) is 4.98 Å². The molecule has 1 N–H and O–H groups in total. The largest absolute Gasteiger partial charge is 0.383 e. The number of anilines is 1. The van der Waals surface area contributed by atoms with Crippen molar-refractivity contribution in [2.45, 2.75) is 6.92 Å². The molecule has 138 valence electrons. The molecule has 2 heterocycles. The van der Waals surface area contributed by atoms with E-state index in [-0.39, 0.29) is 12.4 Å². The van der Waals surface area contributed by atoms with Crippen LogP contribution < -0.4 is 5.32 Å². The predicted octanol–water partition coefficient (Wildman–Crippen LogP) is 3.86. The van der Waals surface area contributed by atoms with Gasteiger partial charge >= 0.3 is 0 Å². The SMILES string of the molecule is CCN1CCN(CCNc2c3ccccc3nc3ccccc23)CC1.Cl. The molecule has 0 atom stereocenters. The average molecular weight is 371 g/mol. The lowest BCUT2D eigenvalue weighted by Crippen LogP contribution is -2.47. The highest BCUT2D eigenvalue weighted by Crippen LogP contribution is 2.30. The van der Waals surface area contributed by atoms with Gasteiger partial charge in [0, 0.05) is 50.0 Å². The Labute approximate surface area is 161 Å². The highest BCUT2D eigenvalue weighted by molar-refractivity contribution is 6.07. The molecule has 1 saturated heterocycles. The van der Waals surface area contributed by atoms with Crippen molar-refractivity contribution in [2.24, 2.45) is 0 Å². The fourth-order valence-corrected chi connectivity index (χ4v) is 3.70. The Morgan fingerprint density at radius 3 is 1.96 bits per heavy atom. The van der Waals surface area contributed by atoms with E-state index in [1.54, 1.807) is 0 Å². The maximum Gasteiger partial charge on any atom is 0.0730 e. The number of likely N-dealkylation sites (N-methyl/N-ethyl adjacent to an activating group) is 1. The van der Waals surface area contributed by atoms with E-state index in [1.807, 2.05) is 0 Å². The third-order valence-electron chi connectivity index (χ3n) is 5.23. The average Bonchev–Trinajstić information content (AvgIpc) is 2.68. The van der Waals surface area contributed by atoms with Crippen molar-refractivity contribution in [1.82, 2.24) is 14.8 Å². The molecule has 0 amide bonds. The Morgan fingerprint density at radius 1 is 0.846 bits per heavy atom. The number of hydrogen-bond donors (Lipinski definition) is 1. The summed E-state index contributed by atoms with van der Waals surface area (Å²) >= 11 is 0. The maximum atomic E-state index is 4.80. The number of nitrogens with zero attached hydrogens (tertiary/aromatic N) is 3. The number of fused-ring (bicyclic) bond motifs is 2. The van der Waals surface area contributed by atoms with Gasteiger partial charge in [0.05, 0.1) is 16.7 Å². The van der Waals surface area contributed by atoms with Crippen molar-refractivity contribution < 1.29 is 0 Å². The zero-order valence-electron chi connectivity index (χ0n) is 15.3. The van der Waals surface area contributed by atoms with Crippen LogP contribution in [0, 0.1) is 0 Å². The van der Waals surface area contributed by atoms with Crippen LogP contribution in [0.3, 0.4) is 0 Å². The minimum Gasteiger partial charge on any atom is -0.383 e. The molecule has 2 aromatic carbocycles. The number of hydrogen-bond acceptors (Lipinski definition) is 4. The second-order valence-corrected chi connectivity index (χ2v) is 6.72. The van der Waals surface area contributed by atoms with Gasteiger partial charge in [0.15, 0.2) is 0 Å². The molecule has 26 heavy (non-hydrogen) atoms. The van der Waals surface area contributed by atoms with Crippen molar-refractivity contribution in [2.75, 3.05) is 51.1 Å². The lowest BCUT2D eigenvalue weighted by Gasteiger charge is -2.34. The van der Waals surface area contributed by atoms with Gasteiger partial charge in [0.25, 0.3) is 0 Å². The predicted molar refractivity (Wildman–Crippen MR) is 114 cm³/mol. The van der Waals surface area contributed by atoms with Crippen molar-refractivity contribution >= 4 is 39.9 Å². The summed E-state index contributed by atoms with van der Waals surface area (Å²) in [7, 11) is 0. The van der Waals surface area contributed by atoms with E-state index < -0.39 is 0 Å². The Morgan fingerprint density at radius 2 is 1.38 bits per heavy atom. The van der Waals surface area contributed by atoms with Crippen LogP contribution >= 0.6 is 12.4 Å². The van der Waals surface area contributed by atoms with E-state index >= 15 is 0 Å². The molecule has 0 spiro atoms. The summed E-state index contributed by atoms with van der Waals surface area (Å²) in [5.74, 6) is 0. The number of piperazine rings is 1. The number of aromatic nitrogens is 1. The Balaban J connectivity index is 0.00000196. The molecule has 4 nitrogen and oxygen atoms in total. The first-order chi connectivity index (χ1) is 12.3. The second kappa shape index (κ2) is 8.67. The van der Waals surface area contributed by atoms with E-state index in [1.165, 1.54) is 49.2 Å². The van der Waals surface area contributed by atoms with Gasteiger partial charge in [-0.15, -0.1) is 12.4 Å². The number of para-hydroxylation sites is 2. The quantitative estimate of drug-likeness (QED) is 0.691. The monoisotopic (exact) mass is 370 g/mol. The van der Waals surface area contributed by atoms with Crippen molar-refractivity contribution in [1.29, 1.82) is 0 Å². The van der Waals surface area contributed by atoms with Gasteiger partial charge in [-0.2, -0.15) is 0 Å². The number of rotatable bonds is 5. The summed E-state index contributed by atoms with van der Waals surface area (Å²) in [6, 6.07) is 16.8. The standard InChI is InChI=1S/C21H26N4.ClH/c1-2-24-13-15-25(16-14-24)12-11-22-21-17-7-3-5-9-19(17)23-20-10-6-4-8-18(20)21;/h3-10H,2,11-16H2,1H3,(H,22,23);1H. The third-order valence-corrected chi connectivity index (χ3v) is 5.23. The first-order valence-electron chi connectivity index (χ1n) is 9.31. The minimum atomic E-state index is 0. The number of nitrogens with one attached hydrogen (secondary N) is 1. The number of benzene rings is 2. The summed E-state index contributed by atoms with van der Waals surface area (Å²) in [6.07, 6.45) is 0. The number of halogens is 1. The van der Waals surface area contributed by atoms with E-state index in [0.717, 1.165) is 24.1 Å². The smallest absolute Gasteiger partial charge is 0.0730 e. The summed E-state index contributed by atoms with van der Waals surface area (Å²) in [5.41, 5.74) is 3.33. The van der Waals surface area contributed by atoms with Crippen molar-refractivity contribution in [3.8, 4) is 0 Å². The molecule has 0 radical (unpaired) electrons. The third kappa shape index (κ3) is 3.93. The van der Waals surface area contributed by atoms with Gasteiger partial charge in [0.2, 0.25) is 0 Å². The van der Waals surface area contributed by atoms with E-state index in [0.29, 0.717) is 0 Å². The van der Waals surface area contributed by atoms with Gasteiger partial charge in [0.1, 0.15) is 0 Å². The second-order valence-electron chi connectivity index (χ2n) is 6.72. The Bertz CT molecular complexity index is 805. The summed E-state index contributed by atoms with van der Waals surface area (Å²) in [5, 5.41) is 6.12. The lowest BCUT2D eigenvalue weighted by atomic mass is 10.1. The van der Waals surface area contributed by atoms with Gasteiger partial charge in [-0.1, -0.05) is 43.3 Å². The minimum absolute atomic E-state index is 0. The lowest BCUT2D eigenvalue weighted by molar-refractivity contribution is 0.141. The molecule has 0 bridgehead atoms. The molecule has 1 aliphatic rings. The maximum absolute atomic E-state index is 4.80. The number of pyridine rings is 1. The van der Waals surface area contributed by atoms with Gasteiger partial charge in [-0.25, -0.2) is 4.98 Å². The van der Waals surface area contributed by atoms with Crippen LogP contribution in [-0.2, 0) is 0 Å². The molecule has 5 heteroatoms. The van der Waals surface area contributed by atoms with Crippen LogP contribution in [0.1, 0.15) is 6.92 Å². The molecule has 1 aromatic heterocycles. The first kappa shape index (κ1) is 18.9. The molecule has 0 saturated carbocycles. The fourth-order valence-electron chi connectivity index (χ4n) is 3.70. The highest BCUT2D eigenvalue weighted by atomic mass is 35.5. The molecular weight excluding hydrogens is 344 g/mol. The van der Waals surface area contributed by atoms with Gasteiger partial charge < -0.3 is 10.2 Å². The van der Waals surface area contributed by atoms with E-state index in [9.17, 15) is 0 Å². The molecule has 0 unspecified atom stereocenters. The molecule has 4 rings (SSSR count). The molecule has 1 fully saturated rings. The van der Waals surface area contributed by atoms with Crippen LogP contribution in [-0.4, -0.2) is 60.6 Å². The zero-order valence-corrected chi connectivity index (χ0v) is 16.1. The topological polar surface area (TPSA) is 31.4 Å². The molecular formula is C21H27ClN4. The van der Waals surface area contributed by atoms with Crippen molar-refractivity contribution in [3.63, 3.8) is 0 Å². The zero-order chi connectivity index (χ0) is 17.1. The summed E-state index contributed by atoms with van der Waals surface area (Å²) < 4.78 is 0. The van der Waals surface area contributed by atoms with Crippen LogP contribution in [0.15, 0.2) is 48.5 Å². The van der Waals surface area contributed by atoms with Crippen LogP contribution in [0.5, 0.6) is 0 Å². The Kier molecular flexibility index (Phi) is 6.30. The highest BCUT2D eigenvalue weighted by Gasteiger charge is 2.15. The Hall–Kier alpha value is -1.88.